The number of hydrogen-bond donors (Lipinski definition) is 0. The molecular weight excluding hydrogens is 318 g/mol. The Balaban J connectivity index is 1.42. The molecular formula is C19H31N3OS. The summed E-state index contributed by atoms with van der Waals surface area (Å²) in [7, 11) is 0. The minimum absolute atomic E-state index is 0.335. The van der Waals surface area contributed by atoms with Crippen LogP contribution in [0.25, 0.3) is 0 Å². The van der Waals surface area contributed by atoms with Crippen molar-refractivity contribution in [2.75, 3.05) is 39.3 Å². The molecule has 2 aliphatic heterocycles. The first-order valence-corrected chi connectivity index (χ1v) is 10.3. The molecule has 3 heterocycles. The van der Waals surface area contributed by atoms with Gasteiger partial charge in [0.25, 0.3) is 0 Å². The lowest BCUT2D eigenvalue weighted by Gasteiger charge is -2.39. The predicted molar refractivity (Wildman–Crippen MR) is 101 cm³/mol. The van der Waals surface area contributed by atoms with Crippen LogP contribution in [0, 0.1) is 0 Å². The van der Waals surface area contributed by atoms with E-state index in [1.54, 1.807) is 11.3 Å². The molecule has 0 N–H and O–H groups in total. The summed E-state index contributed by atoms with van der Waals surface area (Å²) in [4.78, 5) is 19.6. The molecule has 1 aromatic heterocycles. The maximum atomic E-state index is 12.6. The molecule has 0 radical (unpaired) electrons. The van der Waals surface area contributed by atoms with Gasteiger partial charge in [0.1, 0.15) is 0 Å². The van der Waals surface area contributed by atoms with Gasteiger partial charge in [-0.1, -0.05) is 0 Å². The number of hydrogen-bond acceptors (Lipinski definition) is 4. The van der Waals surface area contributed by atoms with Crippen molar-refractivity contribution in [2.45, 2.75) is 51.6 Å². The molecule has 1 aromatic rings. The maximum Gasteiger partial charge on any atom is 0.236 e. The Morgan fingerprint density at radius 2 is 2.04 bits per heavy atom. The van der Waals surface area contributed by atoms with Gasteiger partial charge in [0.05, 0.1) is 6.54 Å². The lowest BCUT2D eigenvalue weighted by molar-refractivity contribution is -0.136. The first-order chi connectivity index (χ1) is 11.6. The van der Waals surface area contributed by atoms with Crippen molar-refractivity contribution in [2.24, 2.45) is 0 Å². The highest BCUT2D eigenvalue weighted by atomic mass is 32.1. The fourth-order valence-electron chi connectivity index (χ4n) is 3.99. The molecule has 24 heavy (non-hydrogen) atoms. The predicted octanol–water partition coefficient (Wildman–Crippen LogP) is 2.70. The van der Waals surface area contributed by atoms with Gasteiger partial charge in [0, 0.05) is 44.8 Å². The van der Waals surface area contributed by atoms with E-state index >= 15 is 0 Å². The summed E-state index contributed by atoms with van der Waals surface area (Å²) >= 11 is 1.78. The molecule has 2 atom stereocenters. The third kappa shape index (κ3) is 4.58. The van der Waals surface area contributed by atoms with Gasteiger partial charge in [-0.3, -0.25) is 14.6 Å². The van der Waals surface area contributed by atoms with E-state index in [-0.39, 0.29) is 0 Å². The Hall–Kier alpha value is -0.910. The van der Waals surface area contributed by atoms with Gasteiger partial charge in [-0.05, 0) is 61.9 Å². The van der Waals surface area contributed by atoms with E-state index in [1.165, 1.54) is 24.8 Å². The zero-order valence-corrected chi connectivity index (χ0v) is 15.9. The van der Waals surface area contributed by atoms with E-state index in [2.05, 4.69) is 45.4 Å². The minimum atomic E-state index is 0.335. The summed E-state index contributed by atoms with van der Waals surface area (Å²) in [6, 6.07) is 3.24. The van der Waals surface area contributed by atoms with Crippen LogP contribution in [-0.2, 0) is 11.2 Å². The summed E-state index contributed by atoms with van der Waals surface area (Å²) < 4.78 is 0. The molecule has 2 aliphatic rings. The SMILES string of the molecule is C[C@@H](Cc1ccsc1)N1CCN(CC(=O)N2CCCC[C@@H]2C)CC1. The standard InChI is InChI=1S/C19H31N3OS/c1-16-5-3-4-7-22(16)19(23)14-20-8-10-21(11-9-20)17(2)13-18-6-12-24-15-18/h6,12,15-17H,3-5,7-11,13-14H2,1-2H3/t16-,17-/m0/s1. The maximum absolute atomic E-state index is 12.6. The Morgan fingerprint density at radius 3 is 2.71 bits per heavy atom. The third-order valence-electron chi connectivity index (χ3n) is 5.62. The molecule has 0 saturated carbocycles. The highest BCUT2D eigenvalue weighted by Gasteiger charge is 2.27. The number of carbonyl (C=O) groups is 1. The number of likely N-dealkylation sites (tertiary alicyclic amines) is 1. The smallest absolute Gasteiger partial charge is 0.236 e. The number of carbonyl (C=O) groups excluding carboxylic acids is 1. The average molecular weight is 350 g/mol. The Morgan fingerprint density at radius 1 is 1.25 bits per heavy atom. The lowest BCUT2D eigenvalue weighted by Crippen LogP contribution is -2.53. The van der Waals surface area contributed by atoms with Crippen molar-refractivity contribution in [3.05, 3.63) is 22.4 Å². The number of nitrogens with zero attached hydrogens (tertiary/aromatic N) is 3. The highest BCUT2D eigenvalue weighted by Crippen LogP contribution is 2.18. The molecule has 134 valence electrons. The summed E-state index contributed by atoms with van der Waals surface area (Å²) in [5.41, 5.74) is 1.45. The molecule has 0 aromatic carbocycles. The van der Waals surface area contributed by atoms with Crippen LogP contribution in [0.4, 0.5) is 0 Å². The zero-order chi connectivity index (χ0) is 16.9. The van der Waals surface area contributed by atoms with Crippen molar-refractivity contribution >= 4 is 17.2 Å². The molecule has 2 fully saturated rings. The third-order valence-corrected chi connectivity index (χ3v) is 6.36. The van der Waals surface area contributed by atoms with Gasteiger partial charge in [-0.2, -0.15) is 11.3 Å². The summed E-state index contributed by atoms with van der Waals surface area (Å²) in [6.07, 6.45) is 4.74. The van der Waals surface area contributed by atoms with E-state index in [4.69, 9.17) is 0 Å². The summed E-state index contributed by atoms with van der Waals surface area (Å²) in [6.45, 7) is 10.3. The van der Waals surface area contributed by atoms with Crippen molar-refractivity contribution in [3.8, 4) is 0 Å². The van der Waals surface area contributed by atoms with E-state index in [9.17, 15) is 4.79 Å². The quantitative estimate of drug-likeness (QED) is 0.818. The molecule has 0 aliphatic carbocycles. The first kappa shape index (κ1) is 17.9. The number of piperidine rings is 1. The molecule has 4 nitrogen and oxygen atoms in total. The van der Waals surface area contributed by atoms with Crippen LogP contribution >= 0.6 is 11.3 Å². The Kier molecular flexibility index (Phi) is 6.31. The van der Waals surface area contributed by atoms with Gasteiger partial charge >= 0.3 is 0 Å². The first-order valence-electron chi connectivity index (χ1n) is 9.40. The van der Waals surface area contributed by atoms with Crippen LogP contribution in [0.2, 0.25) is 0 Å². The number of rotatable bonds is 5. The fourth-order valence-corrected chi connectivity index (χ4v) is 4.67. The van der Waals surface area contributed by atoms with Crippen molar-refractivity contribution in [3.63, 3.8) is 0 Å². The fraction of sp³-hybridized carbons (Fsp3) is 0.737. The minimum Gasteiger partial charge on any atom is -0.339 e. The van der Waals surface area contributed by atoms with E-state index < -0.39 is 0 Å². The molecule has 0 spiro atoms. The average Bonchev–Trinajstić information content (AvgIpc) is 3.08. The Bertz CT molecular complexity index is 511. The number of amides is 1. The van der Waals surface area contributed by atoms with Crippen molar-refractivity contribution in [1.82, 2.24) is 14.7 Å². The molecule has 2 saturated heterocycles. The Labute approximate surface area is 150 Å². The highest BCUT2D eigenvalue weighted by molar-refractivity contribution is 7.07. The van der Waals surface area contributed by atoms with Gasteiger partial charge in [0.2, 0.25) is 5.91 Å². The van der Waals surface area contributed by atoms with Gasteiger partial charge in [-0.15, -0.1) is 0 Å². The second kappa shape index (κ2) is 8.45. The van der Waals surface area contributed by atoms with Crippen LogP contribution in [0.5, 0.6) is 0 Å². The van der Waals surface area contributed by atoms with Gasteiger partial charge in [-0.25, -0.2) is 0 Å². The van der Waals surface area contributed by atoms with Gasteiger partial charge in [0.15, 0.2) is 0 Å². The number of piperazine rings is 1. The van der Waals surface area contributed by atoms with E-state index in [1.807, 2.05) is 0 Å². The second-order valence-electron chi connectivity index (χ2n) is 7.43. The topological polar surface area (TPSA) is 26.8 Å². The molecule has 0 unspecified atom stereocenters. The van der Waals surface area contributed by atoms with Crippen LogP contribution in [-0.4, -0.2) is 72.0 Å². The van der Waals surface area contributed by atoms with Crippen molar-refractivity contribution < 1.29 is 4.79 Å². The lowest BCUT2D eigenvalue weighted by atomic mass is 10.0. The molecule has 5 heteroatoms. The second-order valence-corrected chi connectivity index (χ2v) is 8.21. The van der Waals surface area contributed by atoms with Gasteiger partial charge < -0.3 is 4.90 Å². The molecule has 1 amide bonds. The van der Waals surface area contributed by atoms with Crippen LogP contribution in [0.15, 0.2) is 16.8 Å². The monoisotopic (exact) mass is 349 g/mol. The summed E-state index contributed by atoms with van der Waals surface area (Å²) in [5.74, 6) is 0.335. The number of thiophene rings is 1. The van der Waals surface area contributed by atoms with Crippen LogP contribution in [0.1, 0.15) is 38.7 Å². The van der Waals surface area contributed by atoms with Crippen LogP contribution in [0.3, 0.4) is 0 Å². The molecule has 0 bridgehead atoms. The van der Waals surface area contributed by atoms with E-state index in [0.29, 0.717) is 24.5 Å². The van der Waals surface area contributed by atoms with E-state index in [0.717, 1.165) is 39.1 Å². The normalized spacial score (nSPS) is 24.9. The van der Waals surface area contributed by atoms with Crippen molar-refractivity contribution in [1.29, 1.82) is 0 Å². The summed E-state index contributed by atoms with van der Waals surface area (Å²) in [5, 5.41) is 4.42. The largest absolute Gasteiger partial charge is 0.339 e. The molecule has 3 rings (SSSR count). The zero-order valence-electron chi connectivity index (χ0n) is 15.1. The van der Waals surface area contributed by atoms with Crippen LogP contribution < -0.4 is 0 Å².